The highest BCUT2D eigenvalue weighted by molar-refractivity contribution is 6.40. The number of rotatable bonds is 11. The molecule has 0 unspecified atom stereocenters. The van der Waals surface area contributed by atoms with Crippen LogP contribution in [0.2, 0.25) is 31.2 Å². The number of nitrogens with two attached hydrogens (primary N) is 1. The highest BCUT2D eigenvalue weighted by Gasteiger charge is 2.32. The maximum atomic E-state index is 12.4. The highest BCUT2D eigenvalue weighted by atomic mass is 35.5. The lowest BCUT2D eigenvalue weighted by Crippen LogP contribution is -2.50. The van der Waals surface area contributed by atoms with Crippen molar-refractivity contribution in [3.05, 3.63) is 151 Å². The largest absolute Gasteiger partial charge is 0.444 e. The second kappa shape index (κ2) is 54.7. The summed E-state index contributed by atoms with van der Waals surface area (Å²) >= 11 is 43.4. The zero-order chi connectivity index (χ0) is 96.0. The third-order valence-corrected chi connectivity index (χ3v) is 22.5. The van der Waals surface area contributed by atoms with Crippen molar-refractivity contribution in [1.82, 2.24) is 80.5 Å². The zero-order valence-corrected chi connectivity index (χ0v) is 85.0. The summed E-state index contributed by atoms with van der Waals surface area (Å²) in [6.45, 7) is 46.1. The number of carbonyl (C=O) groups is 3. The molecule has 3 amide bonds. The molecule has 9 fully saturated rings. The Morgan fingerprint density at radius 1 is 0.323 bits per heavy atom. The van der Waals surface area contributed by atoms with Crippen LogP contribution in [0, 0.1) is 20.8 Å². The Bertz CT molecular complexity index is 4720. The van der Waals surface area contributed by atoms with Crippen molar-refractivity contribution in [3.8, 4) is 0 Å². The van der Waals surface area contributed by atoms with Gasteiger partial charge in [-0.05, 0) is 220 Å². The molecule has 728 valence electrons. The minimum atomic E-state index is -0.488. The van der Waals surface area contributed by atoms with Crippen LogP contribution in [-0.2, 0) is 14.2 Å². The van der Waals surface area contributed by atoms with Crippen LogP contribution in [0.25, 0.3) is 0 Å². The van der Waals surface area contributed by atoms with Crippen molar-refractivity contribution in [2.75, 3.05) is 226 Å². The van der Waals surface area contributed by atoms with Crippen LogP contribution in [0.4, 0.5) is 84.2 Å². The second-order valence-corrected chi connectivity index (χ2v) is 38.9. The third kappa shape index (κ3) is 39.7. The number of anilines is 12. The van der Waals surface area contributed by atoms with Crippen LogP contribution in [0.5, 0.6) is 0 Å². The predicted molar refractivity (Wildman–Crippen MR) is 545 cm³/mol. The summed E-state index contributed by atoms with van der Waals surface area (Å²) in [7, 11) is 0. The van der Waals surface area contributed by atoms with E-state index in [9.17, 15) is 14.4 Å². The van der Waals surface area contributed by atoms with E-state index in [4.69, 9.17) is 138 Å². The third-order valence-electron chi connectivity index (χ3n) is 21.4. The smallest absolute Gasteiger partial charge is 0.410 e. The molecule has 0 atom stereocenters. The number of amides is 3. The van der Waals surface area contributed by atoms with Gasteiger partial charge >= 0.3 is 18.3 Å². The summed E-state index contributed by atoms with van der Waals surface area (Å²) in [5.74, 6) is 7.55. The molecule has 9 aliphatic heterocycles. The van der Waals surface area contributed by atoms with Crippen molar-refractivity contribution >= 4 is 181 Å². The molecule has 7 N–H and O–H groups in total. The Morgan fingerprint density at radius 2 is 0.594 bits per heavy atom. The van der Waals surface area contributed by atoms with Crippen LogP contribution >= 0.6 is 92.8 Å². The van der Waals surface area contributed by atoms with E-state index in [1.807, 2.05) is 106 Å². The molecule has 9 aliphatic rings. The average molecular weight is 2000 g/mol. The lowest BCUT2D eigenvalue weighted by molar-refractivity contribution is 0.0221. The number of nitrogens with one attached hydrogen (secondary N) is 5. The van der Waals surface area contributed by atoms with Gasteiger partial charge in [0.15, 0.2) is 0 Å². The van der Waals surface area contributed by atoms with Gasteiger partial charge in [-0.25, -0.2) is 39.3 Å². The van der Waals surface area contributed by atoms with Crippen molar-refractivity contribution < 1.29 is 28.6 Å². The number of benzene rings is 3. The average Bonchev–Trinajstić information content (AvgIpc) is 1.47. The number of hydrogen-bond donors (Lipinski definition) is 6. The first-order valence-electron chi connectivity index (χ1n) is 45.8. The number of alkyl halides is 2. The maximum absolute atomic E-state index is 12.4. The van der Waals surface area contributed by atoms with Crippen LogP contribution in [0.15, 0.2) is 103 Å². The molecule has 14 heterocycles. The first-order valence-corrected chi connectivity index (χ1v) is 49.1. The minimum Gasteiger partial charge on any atom is -0.444 e. The number of aromatic nitrogens is 10. The molecule has 0 saturated carbocycles. The quantitative estimate of drug-likeness (QED) is 0.0230. The van der Waals surface area contributed by atoms with E-state index in [0.717, 1.165) is 163 Å². The molecule has 8 aromatic rings. The molecule has 0 bridgehead atoms. The topological polar surface area (TPSA) is 326 Å². The van der Waals surface area contributed by atoms with Crippen molar-refractivity contribution in [2.45, 2.75) is 164 Å². The Labute approximate surface area is 825 Å². The van der Waals surface area contributed by atoms with Gasteiger partial charge in [-0.15, -0.1) is 23.2 Å². The molecule has 0 aliphatic carbocycles. The van der Waals surface area contributed by atoms with E-state index in [1.54, 1.807) is 20.8 Å². The number of aryl methyl sites for hydroxylation is 3. The molecule has 133 heavy (non-hydrogen) atoms. The van der Waals surface area contributed by atoms with Crippen molar-refractivity contribution in [1.29, 1.82) is 0 Å². The SMILES string of the molecule is C1CCNC1.CC(C)(C)OC(=O)N1CCN(c2nc(Cl)cc(N3CCCC3)n2)CC1.CC(C)(C)OC(=O)N1CCNCC1.Cc1ccc(N)cc1.Cc1ccc(Nc2cc(N3CCCC3)nc(N3CCN(C(=O)OC(C)(C)C)CC3)n2)cc1.Cc1ccc(Nc2cc(N3CCCC3)nc(N3CCNCC3)n2)cc1.ClCCl.Clc1cc(Cl)nc(Cl)n1.Clc1cc(N2CCCC2)nc(Cl)n1. The monoisotopic (exact) mass is 1990 g/mol. The molecule has 17 rings (SSSR count). The fourth-order valence-corrected chi connectivity index (χ4v) is 15.9. The van der Waals surface area contributed by atoms with Gasteiger partial charge < -0.3 is 95.5 Å². The Kier molecular flexibility index (Phi) is 44.3. The normalized spacial score (nSPS) is 16.6. The second-order valence-electron chi connectivity index (χ2n) is 35.9. The van der Waals surface area contributed by atoms with E-state index >= 15 is 0 Å². The van der Waals surface area contributed by atoms with E-state index < -0.39 is 11.2 Å². The molecule has 5 aromatic heterocycles. The predicted octanol–water partition coefficient (Wildman–Crippen LogP) is 18.5. The summed E-state index contributed by atoms with van der Waals surface area (Å²) in [5, 5.41) is 18.5. The highest BCUT2D eigenvalue weighted by Crippen LogP contribution is 2.32. The van der Waals surface area contributed by atoms with E-state index in [-0.39, 0.29) is 50.1 Å². The van der Waals surface area contributed by atoms with Crippen LogP contribution in [0.1, 0.15) is 143 Å². The summed E-state index contributed by atoms with van der Waals surface area (Å²) in [5.41, 5.74) is 10.7. The maximum Gasteiger partial charge on any atom is 0.410 e. The number of carbonyl (C=O) groups excluding carboxylic acids is 3. The van der Waals surface area contributed by atoms with Gasteiger partial charge in [0.2, 0.25) is 28.4 Å². The van der Waals surface area contributed by atoms with Gasteiger partial charge in [-0.3, -0.25) is 0 Å². The van der Waals surface area contributed by atoms with Gasteiger partial charge in [0.05, 0.1) is 5.34 Å². The molecule has 32 nitrogen and oxygen atoms in total. The van der Waals surface area contributed by atoms with Gasteiger partial charge in [0, 0.05) is 204 Å². The van der Waals surface area contributed by atoms with E-state index in [1.165, 1.54) is 100 Å². The number of ether oxygens (including phenoxy) is 3. The lowest BCUT2D eigenvalue weighted by atomic mass is 10.2. The molecule has 40 heteroatoms. The Morgan fingerprint density at radius 3 is 0.902 bits per heavy atom. The molecule has 9 saturated heterocycles. The molecule has 3 aromatic carbocycles. The number of nitrogens with zero attached hydrogens (tertiary/aromatic N) is 20. The van der Waals surface area contributed by atoms with Gasteiger partial charge in [0.25, 0.3) is 0 Å². The van der Waals surface area contributed by atoms with Gasteiger partial charge in [-0.2, -0.15) is 24.9 Å². The summed E-state index contributed by atoms with van der Waals surface area (Å²) in [6.07, 6.45) is 11.7. The van der Waals surface area contributed by atoms with Crippen LogP contribution in [0.3, 0.4) is 0 Å². The molecular formula is C93H134Cl8N26O6. The van der Waals surface area contributed by atoms with Gasteiger partial charge in [-0.1, -0.05) is 99.5 Å². The summed E-state index contributed by atoms with van der Waals surface area (Å²) < 4.78 is 16.2. The van der Waals surface area contributed by atoms with Gasteiger partial charge in [0.1, 0.15) is 72.3 Å². The molecular weight excluding hydrogens is 1860 g/mol. The number of halogens is 8. The Balaban J connectivity index is 0.000000179. The first kappa shape index (κ1) is 108. The first-order chi connectivity index (χ1) is 63.5. The number of piperazine rings is 4. The van der Waals surface area contributed by atoms with E-state index in [0.29, 0.717) is 74.6 Å². The van der Waals surface area contributed by atoms with Crippen molar-refractivity contribution in [3.63, 3.8) is 0 Å². The number of hydrogen-bond acceptors (Lipinski definition) is 29. The lowest BCUT2D eigenvalue weighted by Gasteiger charge is -2.36. The zero-order valence-electron chi connectivity index (χ0n) is 79.0. The molecule has 0 spiro atoms. The van der Waals surface area contributed by atoms with Crippen LogP contribution < -0.4 is 66.6 Å². The summed E-state index contributed by atoms with van der Waals surface area (Å²) in [6, 6.07) is 33.6. The minimum absolute atomic E-state index is 0.0625. The van der Waals surface area contributed by atoms with Crippen LogP contribution in [-0.4, -0.2) is 275 Å². The Hall–Kier alpha value is -8.93. The summed E-state index contributed by atoms with van der Waals surface area (Å²) in [4.78, 5) is 100. The number of nitrogen functional groups attached to an aromatic ring is 1. The van der Waals surface area contributed by atoms with E-state index in [2.05, 4.69) is 154 Å². The van der Waals surface area contributed by atoms with Crippen molar-refractivity contribution in [2.24, 2.45) is 0 Å². The fourth-order valence-electron chi connectivity index (χ4n) is 14.6. The standard InChI is InChI=1S/C24H34N6O2.C19H26N6.C17H26ClN5O2.C9H18N2O2.C8H9Cl2N3.C7H9N.C4HCl3N2.C4H9N.CH2Cl2/c1-18-7-9-19(10-8-18)25-20-17-21(28-11-5-6-12-28)27-22(26-20)29-13-15-30(16-14-29)23(31)32-24(2,3)4;1-15-4-6-16(7-5-15)21-17-14-18(24-10-2-3-11-24)23-19(22-17)25-12-8-20-9-13-25;1-17(2,3)25-16(24)23-10-8-22(9-11-23)15-19-13(18)12-14(20-15)21-6-4-5-7-21;1-9(2,3)13-8(12)11-6-4-10-5-7-11;9-6-5-7(12-8(10)11-6)13-3-1-2-4-13;1-6-2-4-7(8)5-3-6;5-2-1-3(6)9-4(7)8-2;1-2-4-5-3-1;2-1-3/h7-10,17H,5-6,11-16H2,1-4H3,(H,25,26,27);4-7,14,20H,2-3,8-13H2,1H3,(H,21,22,23);12H,4-11H2,1-3H3;10H,4-7H2,1-3H3;5H,1-4H2;2-5H,8H2,1H3;1H;5H,1-4H2;1H2. The molecule has 0 radical (unpaired) electrons. The fraction of sp³-hybridized carbons (Fsp3) is 0.559.